The van der Waals surface area contributed by atoms with Gasteiger partial charge in [-0.2, -0.15) is 13.2 Å². The monoisotopic (exact) mass is 1100 g/mol. The Morgan fingerprint density at radius 3 is 2.21 bits per heavy atom. The van der Waals surface area contributed by atoms with Crippen LogP contribution in [0.4, 0.5) is 28.9 Å². The van der Waals surface area contributed by atoms with Gasteiger partial charge in [-0.3, -0.25) is 33.7 Å². The normalized spacial score (nSPS) is 19.6. The number of likely N-dealkylation sites (tertiary alicyclic amines) is 1. The van der Waals surface area contributed by atoms with Crippen LogP contribution in [-0.2, 0) is 31.9 Å². The number of benzene rings is 2. The first-order valence-electron chi connectivity index (χ1n) is 26.8. The minimum absolute atomic E-state index is 0.0202. The van der Waals surface area contributed by atoms with Crippen molar-refractivity contribution in [1.29, 1.82) is 0 Å². The number of thiazole rings is 1. The number of aliphatic hydroxyl groups is 1. The lowest BCUT2D eigenvalue weighted by Crippen LogP contribution is -2.57. The van der Waals surface area contributed by atoms with Crippen LogP contribution in [0.25, 0.3) is 16.0 Å². The molecule has 0 unspecified atom stereocenters. The SMILES string of the molecule is Cc1ncsc1-c1ccc(CNC(=O)[C@@H]2C[C@@H](O)CN2C(=O)[C@@H](NC(=O)CCCCCCCCC(=O)N2CC=C(c3cc(NC(=O)c4c[nH]c(=O)cc4C(F)(F)F)c(N4C[C@@H](C)N(C)[C@@H](C)C4)cc3F)CC2)C(C)(C)C)cc1. The number of aromatic nitrogens is 2. The molecule has 21 heteroatoms. The maximum atomic E-state index is 16.2. The van der Waals surface area contributed by atoms with Crippen molar-refractivity contribution in [3.8, 4) is 10.4 Å². The number of nitrogens with one attached hydrogen (secondary N) is 4. The lowest BCUT2D eigenvalue weighted by molar-refractivity contribution is -0.144. The summed E-state index contributed by atoms with van der Waals surface area (Å²) in [6, 6.07) is 9.15. The number of carbonyl (C=O) groups excluding carboxylic acids is 5. The van der Waals surface area contributed by atoms with Gasteiger partial charge < -0.3 is 40.7 Å². The van der Waals surface area contributed by atoms with Crippen LogP contribution in [-0.4, -0.2) is 129 Å². The number of carbonyl (C=O) groups is 5. The number of unbranched alkanes of at least 4 members (excludes halogenated alkanes) is 5. The number of β-amino-alcohol motifs (C(OH)–C–C–N with tert-alkyl or cyclic N) is 1. The van der Waals surface area contributed by atoms with Crippen LogP contribution in [0, 0.1) is 18.2 Å². The first-order chi connectivity index (χ1) is 36.9. The van der Waals surface area contributed by atoms with Gasteiger partial charge in [0.1, 0.15) is 17.9 Å². The van der Waals surface area contributed by atoms with E-state index >= 15 is 4.39 Å². The molecule has 422 valence electrons. The summed E-state index contributed by atoms with van der Waals surface area (Å²) in [6.07, 6.45) is 2.01. The molecule has 2 fully saturated rings. The second-order valence-electron chi connectivity index (χ2n) is 22.1. The Balaban J connectivity index is 0.854. The summed E-state index contributed by atoms with van der Waals surface area (Å²) in [4.78, 5) is 94.2. The number of alkyl halides is 3. The summed E-state index contributed by atoms with van der Waals surface area (Å²) in [5.74, 6) is -2.83. The van der Waals surface area contributed by atoms with E-state index in [1.165, 1.54) is 17.0 Å². The van der Waals surface area contributed by atoms with Crippen LogP contribution < -0.4 is 26.4 Å². The minimum Gasteiger partial charge on any atom is -0.391 e. The topological polar surface area (TPSA) is 200 Å². The molecule has 5 N–H and O–H groups in total. The summed E-state index contributed by atoms with van der Waals surface area (Å²) in [7, 11) is 1.97. The van der Waals surface area contributed by atoms with Gasteiger partial charge in [-0.25, -0.2) is 9.37 Å². The third-order valence-electron chi connectivity index (χ3n) is 15.2. The van der Waals surface area contributed by atoms with E-state index in [9.17, 15) is 47.0 Å². The molecule has 0 spiro atoms. The highest BCUT2D eigenvalue weighted by Crippen LogP contribution is 2.38. The van der Waals surface area contributed by atoms with Gasteiger partial charge >= 0.3 is 6.18 Å². The molecule has 3 aliphatic heterocycles. The standard InChI is InChI=1S/C57H73F4N9O7S/c1-34-30-69(31-35(2)67(34)7)46-27-44(58)41(25-45(46)65-53(75)42-29-62-49(73)26-43(42)57(59,60)61)38-20-22-68(23-21-38)50(74)15-13-11-9-8-10-12-14-48(72)66-52(56(4,5)6)55(77)70-32-40(71)24-47(70)54(76)63-28-37-16-18-39(19-17-37)51-36(3)64-33-78-51/h16-20,25-27,29,33-35,40,47,52,71H,8-15,21-24,28,30-32H2,1-7H3,(H,62,73)(H,63,76)(H,65,75)(H,66,72)/t34-,35+,40-,47+,52-/m1/s1. The zero-order valence-electron chi connectivity index (χ0n) is 45.5. The largest absolute Gasteiger partial charge is 0.417 e. The number of nitrogens with zero attached hydrogens (tertiary/aromatic N) is 5. The summed E-state index contributed by atoms with van der Waals surface area (Å²) < 4.78 is 58.1. The van der Waals surface area contributed by atoms with Gasteiger partial charge in [-0.15, -0.1) is 11.3 Å². The van der Waals surface area contributed by atoms with E-state index in [1.807, 2.05) is 77.8 Å². The van der Waals surface area contributed by atoms with Gasteiger partial charge in [0.05, 0.1) is 44.7 Å². The second-order valence-corrected chi connectivity index (χ2v) is 22.9. The quantitative estimate of drug-likeness (QED) is 0.0450. The maximum Gasteiger partial charge on any atom is 0.417 e. The predicted molar refractivity (Wildman–Crippen MR) is 293 cm³/mol. The van der Waals surface area contributed by atoms with Crippen LogP contribution in [0.1, 0.15) is 132 Å². The molecule has 16 nitrogen and oxygen atoms in total. The van der Waals surface area contributed by atoms with E-state index in [1.54, 1.807) is 27.8 Å². The van der Waals surface area contributed by atoms with Gasteiger partial charge in [0.2, 0.25) is 29.2 Å². The van der Waals surface area contributed by atoms with Crippen molar-refractivity contribution < 1.29 is 46.6 Å². The lowest BCUT2D eigenvalue weighted by Gasteiger charge is -2.44. The summed E-state index contributed by atoms with van der Waals surface area (Å²) >= 11 is 1.56. The Morgan fingerprint density at radius 2 is 1.59 bits per heavy atom. The number of rotatable bonds is 19. The molecule has 0 bridgehead atoms. The number of hydrogen-bond donors (Lipinski definition) is 5. The second kappa shape index (κ2) is 25.6. The van der Waals surface area contributed by atoms with Crippen molar-refractivity contribution in [3.63, 3.8) is 0 Å². The third-order valence-corrected chi connectivity index (χ3v) is 16.1. The van der Waals surface area contributed by atoms with Crippen LogP contribution in [0.15, 0.2) is 65.0 Å². The average Bonchev–Trinajstić information content (AvgIpc) is 4.10. The molecule has 7 rings (SSSR count). The number of pyridine rings is 1. The van der Waals surface area contributed by atoms with E-state index in [0.29, 0.717) is 62.6 Å². The number of likely N-dealkylation sites (N-methyl/N-ethyl adjacent to an activating group) is 1. The van der Waals surface area contributed by atoms with Gasteiger partial charge in [0, 0.05) is 88.4 Å². The number of anilines is 2. The number of aromatic amines is 1. The molecule has 4 aromatic rings. The third kappa shape index (κ3) is 14.8. The Hall–Kier alpha value is -6.45. The zero-order valence-corrected chi connectivity index (χ0v) is 46.3. The lowest BCUT2D eigenvalue weighted by atomic mass is 9.85. The number of hydrogen-bond acceptors (Lipinski definition) is 11. The van der Waals surface area contributed by atoms with Crippen LogP contribution >= 0.6 is 11.3 Å². The van der Waals surface area contributed by atoms with E-state index in [-0.39, 0.29) is 73.5 Å². The number of aryl methyl sites for hydroxylation is 1. The molecule has 2 aromatic heterocycles. The highest BCUT2D eigenvalue weighted by Gasteiger charge is 2.45. The fraction of sp³-hybridized carbons (Fsp3) is 0.526. The summed E-state index contributed by atoms with van der Waals surface area (Å²) in [5, 5.41) is 19.1. The number of aliphatic hydroxyl groups excluding tert-OH is 1. The Kier molecular flexibility index (Phi) is 19.4. The fourth-order valence-corrected chi connectivity index (χ4v) is 11.2. The molecule has 5 atom stereocenters. The van der Waals surface area contributed by atoms with Gasteiger partial charge in [0.25, 0.3) is 5.91 Å². The first kappa shape index (κ1) is 59.2. The number of H-pyrrole nitrogens is 1. The molecule has 3 aliphatic rings. The highest BCUT2D eigenvalue weighted by molar-refractivity contribution is 7.13. The van der Waals surface area contributed by atoms with Gasteiger partial charge in [0.15, 0.2) is 0 Å². The molecule has 5 amide bonds. The number of amides is 5. The van der Waals surface area contributed by atoms with Crippen molar-refractivity contribution in [2.24, 2.45) is 5.41 Å². The van der Waals surface area contributed by atoms with Crippen molar-refractivity contribution >= 4 is 57.8 Å². The predicted octanol–water partition coefficient (Wildman–Crippen LogP) is 8.29. The van der Waals surface area contributed by atoms with Gasteiger partial charge in [-0.05, 0) is 81.3 Å². The number of halogens is 4. The van der Waals surface area contributed by atoms with E-state index in [0.717, 1.165) is 53.6 Å². The molecule has 2 saturated heterocycles. The van der Waals surface area contributed by atoms with Gasteiger partial charge in [-0.1, -0.05) is 76.8 Å². The summed E-state index contributed by atoms with van der Waals surface area (Å²) in [6.45, 7) is 13.2. The van der Waals surface area contributed by atoms with Crippen molar-refractivity contribution in [2.75, 3.05) is 50.0 Å². The van der Waals surface area contributed by atoms with Crippen LogP contribution in [0.5, 0.6) is 0 Å². The minimum atomic E-state index is -4.99. The van der Waals surface area contributed by atoms with Crippen molar-refractivity contribution in [2.45, 2.75) is 149 Å². The van der Waals surface area contributed by atoms with E-state index in [2.05, 4.69) is 30.8 Å². The molecule has 2 aromatic carbocycles. The fourth-order valence-electron chi connectivity index (χ4n) is 10.4. The van der Waals surface area contributed by atoms with E-state index in [4.69, 9.17) is 0 Å². The molecule has 0 aliphatic carbocycles. The molecule has 0 radical (unpaired) electrons. The zero-order chi connectivity index (χ0) is 56.6. The smallest absolute Gasteiger partial charge is 0.391 e. The number of piperazine rings is 1. The Morgan fingerprint density at radius 1 is 0.923 bits per heavy atom. The van der Waals surface area contributed by atoms with Crippen LogP contribution in [0.2, 0.25) is 0 Å². The van der Waals surface area contributed by atoms with Crippen molar-refractivity contribution in [1.82, 2.24) is 35.3 Å². The van der Waals surface area contributed by atoms with Crippen molar-refractivity contribution in [3.05, 3.63) is 104 Å². The Bertz CT molecular complexity index is 2890. The molecular weight excluding hydrogens is 1030 g/mol. The molecule has 78 heavy (non-hydrogen) atoms. The molecular formula is C57H73F4N9O7S. The Labute approximate surface area is 457 Å². The maximum absolute atomic E-state index is 16.2. The first-order valence-corrected chi connectivity index (χ1v) is 27.7. The molecule has 5 heterocycles. The van der Waals surface area contributed by atoms with Crippen LogP contribution in [0.3, 0.4) is 0 Å². The highest BCUT2D eigenvalue weighted by atomic mass is 32.1. The van der Waals surface area contributed by atoms with E-state index < -0.39 is 64.1 Å². The summed E-state index contributed by atoms with van der Waals surface area (Å²) in [5.41, 5.74) is 1.94. The average molecular weight is 1100 g/mol. The molecule has 0 saturated carbocycles.